The molecule has 0 bridgehead atoms. The van der Waals surface area contributed by atoms with Crippen molar-refractivity contribution in [2.24, 2.45) is 0 Å². The lowest BCUT2D eigenvalue weighted by atomic mass is 10.3. The van der Waals surface area contributed by atoms with Crippen LogP contribution in [0.3, 0.4) is 0 Å². The number of benzene rings is 2. The number of sulfonamides is 1. The van der Waals surface area contributed by atoms with Crippen LogP contribution in [0.5, 0.6) is 0 Å². The van der Waals surface area contributed by atoms with Crippen LogP contribution in [0.25, 0.3) is 0 Å². The fraction of sp³-hybridized carbons (Fsp3) is 0.278. The zero-order chi connectivity index (χ0) is 20.9. The Balaban J connectivity index is 1.99. The number of nitro benzene ring substituents is 1. The van der Waals surface area contributed by atoms with Crippen LogP contribution in [0, 0.1) is 10.1 Å². The van der Waals surface area contributed by atoms with Gasteiger partial charge in [-0.2, -0.15) is 0 Å². The molecular weight excluding hydrogens is 402 g/mol. The van der Waals surface area contributed by atoms with E-state index in [0.717, 1.165) is 4.90 Å². The molecule has 2 aromatic carbocycles. The largest absolute Gasteiger partial charge is 0.325 e. The van der Waals surface area contributed by atoms with Gasteiger partial charge in [-0.15, -0.1) is 11.8 Å². The van der Waals surface area contributed by atoms with Crippen LogP contribution in [-0.4, -0.2) is 30.5 Å². The molecule has 0 saturated carbocycles. The van der Waals surface area contributed by atoms with Gasteiger partial charge >= 0.3 is 0 Å². The van der Waals surface area contributed by atoms with Gasteiger partial charge in [0.05, 0.1) is 15.1 Å². The lowest BCUT2D eigenvalue weighted by molar-refractivity contribution is -0.384. The first-order chi connectivity index (χ1) is 13.1. The molecule has 0 spiro atoms. The second kappa shape index (κ2) is 9.18. The lowest BCUT2D eigenvalue weighted by Crippen LogP contribution is -2.30. The van der Waals surface area contributed by atoms with E-state index >= 15 is 0 Å². The molecule has 0 fully saturated rings. The summed E-state index contributed by atoms with van der Waals surface area (Å²) in [5, 5.41) is 13.0. The quantitative estimate of drug-likeness (QED) is 0.382. The summed E-state index contributed by atoms with van der Waals surface area (Å²) in [6, 6.07) is 11.6. The first kappa shape index (κ1) is 21.9. The SMILES string of the molecule is CC(C)NS(=O)(=O)c1ccc(NC(=O)C(C)Sc2ccc([N+](=O)[O-])cc2)cc1. The molecule has 0 heterocycles. The fourth-order valence-corrected chi connectivity index (χ4v) is 4.36. The first-order valence-corrected chi connectivity index (χ1v) is 10.8. The minimum atomic E-state index is -3.59. The normalized spacial score (nSPS) is 12.6. The second-order valence-corrected chi connectivity index (χ2v) is 9.43. The molecule has 0 aliphatic rings. The number of anilines is 1. The fourth-order valence-electron chi connectivity index (χ4n) is 2.24. The average Bonchev–Trinajstić information content (AvgIpc) is 2.61. The van der Waals surface area contributed by atoms with Crippen LogP contribution in [0.1, 0.15) is 20.8 Å². The summed E-state index contributed by atoms with van der Waals surface area (Å²) >= 11 is 1.27. The average molecular weight is 424 g/mol. The van der Waals surface area contributed by atoms with Gasteiger partial charge in [0.25, 0.3) is 5.69 Å². The molecule has 8 nitrogen and oxygen atoms in total. The molecule has 10 heteroatoms. The maximum atomic E-state index is 12.3. The highest BCUT2D eigenvalue weighted by Gasteiger charge is 2.17. The van der Waals surface area contributed by atoms with Crippen LogP contribution >= 0.6 is 11.8 Å². The van der Waals surface area contributed by atoms with Crippen LogP contribution in [0.15, 0.2) is 58.3 Å². The number of carbonyl (C=O) groups is 1. The topological polar surface area (TPSA) is 118 Å². The monoisotopic (exact) mass is 423 g/mol. The van der Waals surface area contributed by atoms with Crippen LogP contribution in [-0.2, 0) is 14.8 Å². The van der Waals surface area contributed by atoms with E-state index in [0.29, 0.717) is 5.69 Å². The van der Waals surface area contributed by atoms with Crippen molar-refractivity contribution in [3.05, 3.63) is 58.6 Å². The van der Waals surface area contributed by atoms with Crippen molar-refractivity contribution in [2.75, 3.05) is 5.32 Å². The van der Waals surface area contributed by atoms with E-state index in [1.807, 2.05) is 0 Å². The van der Waals surface area contributed by atoms with Gasteiger partial charge < -0.3 is 5.32 Å². The zero-order valence-electron chi connectivity index (χ0n) is 15.6. The summed E-state index contributed by atoms with van der Waals surface area (Å²) in [7, 11) is -3.59. The molecule has 0 saturated heterocycles. The third-order valence-corrected chi connectivity index (χ3v) is 6.34. The molecule has 1 amide bonds. The van der Waals surface area contributed by atoms with E-state index in [1.54, 1.807) is 32.9 Å². The van der Waals surface area contributed by atoms with Crippen molar-refractivity contribution < 1.29 is 18.1 Å². The van der Waals surface area contributed by atoms with E-state index in [9.17, 15) is 23.3 Å². The van der Waals surface area contributed by atoms with Crippen LogP contribution in [0.4, 0.5) is 11.4 Å². The Morgan fingerprint density at radius 1 is 1.04 bits per heavy atom. The molecule has 1 atom stereocenters. The van der Waals surface area contributed by atoms with Crippen molar-refractivity contribution >= 4 is 39.1 Å². The molecule has 0 aliphatic heterocycles. The van der Waals surface area contributed by atoms with Crippen molar-refractivity contribution in [3.63, 3.8) is 0 Å². The van der Waals surface area contributed by atoms with Gasteiger partial charge in [-0.05, 0) is 57.2 Å². The molecule has 2 rings (SSSR count). The predicted molar refractivity (Wildman–Crippen MR) is 109 cm³/mol. The molecule has 28 heavy (non-hydrogen) atoms. The highest BCUT2D eigenvalue weighted by molar-refractivity contribution is 8.00. The number of carbonyl (C=O) groups excluding carboxylic acids is 1. The molecule has 0 aromatic heterocycles. The van der Waals surface area contributed by atoms with Gasteiger partial charge in [-0.3, -0.25) is 14.9 Å². The van der Waals surface area contributed by atoms with Crippen molar-refractivity contribution in [3.8, 4) is 0 Å². The summed E-state index contributed by atoms with van der Waals surface area (Å²) in [6.07, 6.45) is 0. The third kappa shape index (κ3) is 6.04. The van der Waals surface area contributed by atoms with Gasteiger partial charge in [0.1, 0.15) is 0 Å². The summed E-state index contributed by atoms with van der Waals surface area (Å²) in [4.78, 5) is 23.4. The van der Waals surface area contributed by atoms with Gasteiger partial charge in [0.15, 0.2) is 0 Å². The molecule has 0 aliphatic carbocycles. The van der Waals surface area contributed by atoms with Gasteiger partial charge in [-0.1, -0.05) is 0 Å². The van der Waals surface area contributed by atoms with Crippen LogP contribution in [0.2, 0.25) is 0 Å². The molecule has 2 aromatic rings. The maximum absolute atomic E-state index is 12.3. The van der Waals surface area contributed by atoms with E-state index in [4.69, 9.17) is 0 Å². The van der Waals surface area contributed by atoms with E-state index in [1.165, 1.54) is 48.2 Å². The maximum Gasteiger partial charge on any atom is 0.269 e. The number of hydrogen-bond donors (Lipinski definition) is 2. The van der Waals surface area contributed by atoms with E-state index in [2.05, 4.69) is 10.0 Å². The Labute approximate surface area is 167 Å². The minimum Gasteiger partial charge on any atom is -0.325 e. The number of non-ortho nitro benzene ring substituents is 1. The lowest BCUT2D eigenvalue weighted by Gasteiger charge is -2.13. The minimum absolute atomic E-state index is 0.0107. The standard InChI is InChI=1S/C18H21N3O5S2/c1-12(2)20-28(25,26)17-10-4-14(5-11-17)19-18(22)13(3)27-16-8-6-15(7-9-16)21(23)24/h4-13,20H,1-3H3,(H,19,22). The smallest absolute Gasteiger partial charge is 0.269 e. The third-order valence-electron chi connectivity index (χ3n) is 3.55. The second-order valence-electron chi connectivity index (χ2n) is 6.30. The zero-order valence-corrected chi connectivity index (χ0v) is 17.2. The van der Waals surface area contributed by atoms with Crippen molar-refractivity contribution in [1.82, 2.24) is 4.72 Å². The van der Waals surface area contributed by atoms with Crippen molar-refractivity contribution in [1.29, 1.82) is 0 Å². The number of nitro groups is 1. The molecule has 1 unspecified atom stereocenters. The molecular formula is C18H21N3O5S2. The number of nitrogens with one attached hydrogen (secondary N) is 2. The first-order valence-electron chi connectivity index (χ1n) is 8.43. The highest BCUT2D eigenvalue weighted by atomic mass is 32.2. The summed E-state index contributed by atoms with van der Waals surface area (Å²) in [5.74, 6) is -0.265. The molecule has 2 N–H and O–H groups in total. The Bertz CT molecular complexity index is 942. The predicted octanol–water partition coefficient (Wildman–Crippen LogP) is 3.40. The summed E-state index contributed by atoms with van der Waals surface area (Å²) in [5.41, 5.74) is 0.466. The number of amides is 1. The summed E-state index contributed by atoms with van der Waals surface area (Å²) < 4.78 is 26.7. The van der Waals surface area contributed by atoms with Crippen molar-refractivity contribution in [2.45, 2.75) is 41.9 Å². The Hall–Kier alpha value is -2.43. The van der Waals surface area contributed by atoms with E-state index < -0.39 is 20.2 Å². The highest BCUT2D eigenvalue weighted by Crippen LogP contribution is 2.26. The number of nitrogens with zero attached hydrogens (tertiary/aromatic N) is 1. The Morgan fingerprint density at radius 2 is 1.61 bits per heavy atom. The number of thioether (sulfide) groups is 1. The number of rotatable bonds is 8. The molecule has 0 radical (unpaired) electrons. The van der Waals surface area contributed by atoms with E-state index in [-0.39, 0.29) is 22.5 Å². The van der Waals surface area contributed by atoms with Gasteiger partial charge in [0.2, 0.25) is 15.9 Å². The van der Waals surface area contributed by atoms with Gasteiger partial charge in [-0.25, -0.2) is 13.1 Å². The van der Waals surface area contributed by atoms with Crippen LogP contribution < -0.4 is 10.0 Å². The van der Waals surface area contributed by atoms with Gasteiger partial charge in [0, 0.05) is 28.8 Å². The molecule has 150 valence electrons. The number of hydrogen-bond acceptors (Lipinski definition) is 6. The summed E-state index contributed by atoms with van der Waals surface area (Å²) in [6.45, 7) is 5.18. The Morgan fingerprint density at radius 3 is 2.11 bits per heavy atom. The Kier molecular flexibility index (Phi) is 7.17.